The molecule has 1 unspecified atom stereocenters. The first-order chi connectivity index (χ1) is 8.31. The molecule has 0 amide bonds. The highest BCUT2D eigenvalue weighted by molar-refractivity contribution is 4.97. The highest BCUT2D eigenvalue weighted by Crippen LogP contribution is 2.20. The second-order valence-electron chi connectivity index (χ2n) is 5.04. The Kier molecular flexibility index (Phi) is 4.57. The topological polar surface area (TPSA) is 47.1 Å². The van der Waals surface area contributed by atoms with Gasteiger partial charge in [0, 0.05) is 32.4 Å². The lowest BCUT2D eigenvalue weighted by Gasteiger charge is -2.31. The molecule has 1 atom stereocenters. The summed E-state index contributed by atoms with van der Waals surface area (Å²) in [5.74, 6) is 0.884. The quantitative estimate of drug-likeness (QED) is 0.842. The number of hydrogen-bond donors (Lipinski definition) is 1. The summed E-state index contributed by atoms with van der Waals surface area (Å²) < 4.78 is 2.08. The molecule has 2 rings (SSSR count). The Morgan fingerprint density at radius 1 is 1.53 bits per heavy atom. The van der Waals surface area contributed by atoms with Crippen molar-refractivity contribution in [2.24, 2.45) is 11.7 Å². The average molecular weight is 236 g/mol. The lowest BCUT2D eigenvalue weighted by Crippen LogP contribution is -2.34. The standard InChI is InChI=1S/C13H24N4/c1-2-12-4-3-6-16(8-12)9-13-10-17(7-5-14)11-15-13/h10-12H,2-9,14H2,1H3. The fourth-order valence-corrected chi connectivity index (χ4v) is 2.62. The van der Waals surface area contributed by atoms with Crippen LogP contribution in [0.5, 0.6) is 0 Å². The van der Waals surface area contributed by atoms with E-state index >= 15 is 0 Å². The van der Waals surface area contributed by atoms with Crippen molar-refractivity contribution in [3.63, 3.8) is 0 Å². The molecule has 0 aliphatic carbocycles. The molecule has 0 bridgehead atoms. The van der Waals surface area contributed by atoms with Gasteiger partial charge in [0.05, 0.1) is 12.0 Å². The van der Waals surface area contributed by atoms with Gasteiger partial charge in [0.15, 0.2) is 0 Å². The van der Waals surface area contributed by atoms with E-state index in [2.05, 4.69) is 27.6 Å². The molecule has 0 saturated carbocycles. The van der Waals surface area contributed by atoms with Crippen molar-refractivity contribution in [1.82, 2.24) is 14.5 Å². The minimum atomic E-state index is 0.678. The van der Waals surface area contributed by atoms with Crippen LogP contribution in [0.4, 0.5) is 0 Å². The van der Waals surface area contributed by atoms with Crippen LogP contribution >= 0.6 is 0 Å². The zero-order valence-electron chi connectivity index (χ0n) is 10.8. The van der Waals surface area contributed by atoms with E-state index in [0.717, 1.165) is 19.0 Å². The molecule has 0 radical (unpaired) electrons. The molecular weight excluding hydrogens is 212 g/mol. The second-order valence-corrected chi connectivity index (χ2v) is 5.04. The molecule has 96 valence electrons. The van der Waals surface area contributed by atoms with Gasteiger partial charge in [-0.1, -0.05) is 13.3 Å². The molecule has 2 N–H and O–H groups in total. The Morgan fingerprint density at radius 2 is 2.41 bits per heavy atom. The van der Waals surface area contributed by atoms with Crippen molar-refractivity contribution >= 4 is 0 Å². The summed E-state index contributed by atoms with van der Waals surface area (Å²) in [5, 5.41) is 0. The summed E-state index contributed by atoms with van der Waals surface area (Å²) in [6.07, 6.45) is 8.06. The van der Waals surface area contributed by atoms with E-state index in [4.69, 9.17) is 5.73 Å². The third kappa shape index (κ3) is 3.54. The Labute approximate surface area is 104 Å². The Morgan fingerprint density at radius 3 is 3.18 bits per heavy atom. The van der Waals surface area contributed by atoms with Crippen LogP contribution in [0.15, 0.2) is 12.5 Å². The average Bonchev–Trinajstić information content (AvgIpc) is 2.77. The summed E-state index contributed by atoms with van der Waals surface area (Å²) in [6, 6.07) is 0. The molecule has 1 aromatic heterocycles. The fourth-order valence-electron chi connectivity index (χ4n) is 2.62. The van der Waals surface area contributed by atoms with E-state index in [1.54, 1.807) is 0 Å². The maximum atomic E-state index is 5.53. The predicted octanol–water partition coefficient (Wildman–Crippen LogP) is 1.46. The van der Waals surface area contributed by atoms with Gasteiger partial charge in [-0.25, -0.2) is 4.98 Å². The number of imidazole rings is 1. The lowest BCUT2D eigenvalue weighted by molar-refractivity contribution is 0.163. The largest absolute Gasteiger partial charge is 0.336 e. The highest BCUT2D eigenvalue weighted by Gasteiger charge is 2.18. The number of likely N-dealkylation sites (tertiary alicyclic amines) is 1. The minimum absolute atomic E-state index is 0.678. The number of nitrogens with two attached hydrogens (primary N) is 1. The molecule has 4 heteroatoms. The van der Waals surface area contributed by atoms with Gasteiger partial charge in [-0.2, -0.15) is 0 Å². The first-order valence-electron chi connectivity index (χ1n) is 6.75. The van der Waals surface area contributed by atoms with Crippen molar-refractivity contribution in [2.45, 2.75) is 39.3 Å². The van der Waals surface area contributed by atoms with Gasteiger partial charge in [0.2, 0.25) is 0 Å². The van der Waals surface area contributed by atoms with Crippen molar-refractivity contribution in [3.8, 4) is 0 Å². The Balaban J connectivity index is 1.86. The number of rotatable bonds is 5. The van der Waals surface area contributed by atoms with Gasteiger partial charge >= 0.3 is 0 Å². The summed E-state index contributed by atoms with van der Waals surface area (Å²) in [4.78, 5) is 6.98. The van der Waals surface area contributed by atoms with Crippen LogP contribution in [0, 0.1) is 5.92 Å². The van der Waals surface area contributed by atoms with E-state index in [1.807, 2.05) is 6.33 Å². The molecule has 1 aliphatic rings. The Bertz CT molecular complexity index is 334. The number of hydrogen-bond acceptors (Lipinski definition) is 3. The third-order valence-electron chi connectivity index (χ3n) is 3.64. The van der Waals surface area contributed by atoms with E-state index < -0.39 is 0 Å². The van der Waals surface area contributed by atoms with Crippen LogP contribution in [-0.2, 0) is 13.1 Å². The number of aromatic nitrogens is 2. The van der Waals surface area contributed by atoms with E-state index in [1.165, 1.54) is 38.0 Å². The Hall–Kier alpha value is -0.870. The third-order valence-corrected chi connectivity index (χ3v) is 3.64. The lowest BCUT2D eigenvalue weighted by atomic mass is 9.96. The molecule has 2 heterocycles. The van der Waals surface area contributed by atoms with Gasteiger partial charge in [0.1, 0.15) is 0 Å². The molecular formula is C13H24N4. The van der Waals surface area contributed by atoms with Crippen LogP contribution in [0.3, 0.4) is 0 Å². The van der Waals surface area contributed by atoms with E-state index in [-0.39, 0.29) is 0 Å². The SMILES string of the molecule is CCC1CCCN(Cc2cn(CCN)cn2)C1. The number of nitrogens with zero attached hydrogens (tertiary/aromatic N) is 3. The van der Waals surface area contributed by atoms with Crippen LogP contribution in [-0.4, -0.2) is 34.1 Å². The summed E-state index contributed by atoms with van der Waals surface area (Å²) in [5.41, 5.74) is 6.71. The van der Waals surface area contributed by atoms with Crippen LogP contribution in [0.25, 0.3) is 0 Å². The maximum absolute atomic E-state index is 5.53. The molecule has 1 fully saturated rings. The van der Waals surface area contributed by atoms with E-state index in [0.29, 0.717) is 6.54 Å². The predicted molar refractivity (Wildman–Crippen MR) is 69.6 cm³/mol. The normalized spacial score (nSPS) is 21.9. The van der Waals surface area contributed by atoms with Crippen molar-refractivity contribution in [2.75, 3.05) is 19.6 Å². The summed E-state index contributed by atoms with van der Waals surface area (Å²) >= 11 is 0. The zero-order chi connectivity index (χ0) is 12.1. The highest BCUT2D eigenvalue weighted by atomic mass is 15.2. The smallest absolute Gasteiger partial charge is 0.0950 e. The van der Waals surface area contributed by atoms with Gasteiger partial charge < -0.3 is 10.3 Å². The van der Waals surface area contributed by atoms with Crippen LogP contribution in [0.2, 0.25) is 0 Å². The van der Waals surface area contributed by atoms with Gasteiger partial charge in [-0.15, -0.1) is 0 Å². The molecule has 1 saturated heterocycles. The van der Waals surface area contributed by atoms with Crippen molar-refractivity contribution in [1.29, 1.82) is 0 Å². The van der Waals surface area contributed by atoms with Crippen LogP contribution in [0.1, 0.15) is 31.9 Å². The second kappa shape index (κ2) is 6.17. The molecule has 0 aromatic carbocycles. The van der Waals surface area contributed by atoms with Gasteiger partial charge in [0.25, 0.3) is 0 Å². The molecule has 1 aliphatic heterocycles. The van der Waals surface area contributed by atoms with Crippen molar-refractivity contribution in [3.05, 3.63) is 18.2 Å². The molecule has 4 nitrogen and oxygen atoms in total. The van der Waals surface area contributed by atoms with Crippen LogP contribution < -0.4 is 5.73 Å². The summed E-state index contributed by atoms with van der Waals surface area (Å²) in [6.45, 7) is 7.29. The van der Waals surface area contributed by atoms with Gasteiger partial charge in [-0.3, -0.25) is 4.90 Å². The summed E-state index contributed by atoms with van der Waals surface area (Å²) in [7, 11) is 0. The monoisotopic (exact) mass is 236 g/mol. The molecule has 1 aromatic rings. The maximum Gasteiger partial charge on any atom is 0.0950 e. The van der Waals surface area contributed by atoms with Gasteiger partial charge in [-0.05, 0) is 25.3 Å². The van der Waals surface area contributed by atoms with E-state index in [9.17, 15) is 0 Å². The van der Waals surface area contributed by atoms with Crippen molar-refractivity contribution < 1.29 is 0 Å². The minimum Gasteiger partial charge on any atom is -0.336 e. The fraction of sp³-hybridized carbons (Fsp3) is 0.769. The first-order valence-corrected chi connectivity index (χ1v) is 6.75. The first kappa shape index (κ1) is 12.6. The number of piperidine rings is 1. The molecule has 0 spiro atoms. The zero-order valence-corrected chi connectivity index (χ0v) is 10.8. The molecule has 17 heavy (non-hydrogen) atoms.